The summed E-state index contributed by atoms with van der Waals surface area (Å²) < 4.78 is 13.5. The fourth-order valence-electron chi connectivity index (χ4n) is 3.39. The lowest BCUT2D eigenvalue weighted by Crippen LogP contribution is -2.29. The average Bonchev–Trinajstić information content (AvgIpc) is 2.60. The number of nitrogens with zero attached hydrogens (tertiary/aromatic N) is 1. The Balaban J connectivity index is 1.47. The highest BCUT2D eigenvalue weighted by molar-refractivity contribution is 5.28. The van der Waals surface area contributed by atoms with Gasteiger partial charge >= 0.3 is 0 Å². The standard InChI is InChI=1S/C22H28FN/c1-17(24(2)16-19-6-4-3-5-7-19)8-9-18-10-12-20(13-11-18)21-14-15-22(21)23/h3-7,10-13,17,21-22H,8-9,14-16H2,1-2H3. The van der Waals surface area contributed by atoms with Gasteiger partial charge in [-0.3, -0.25) is 4.90 Å². The van der Waals surface area contributed by atoms with Crippen molar-refractivity contribution in [3.05, 3.63) is 71.3 Å². The largest absolute Gasteiger partial charge is 0.299 e. The number of aryl methyl sites for hydroxylation is 1. The number of rotatable bonds is 7. The van der Waals surface area contributed by atoms with Gasteiger partial charge in [0.25, 0.3) is 0 Å². The van der Waals surface area contributed by atoms with Crippen LogP contribution in [-0.2, 0) is 13.0 Å². The molecule has 0 spiro atoms. The van der Waals surface area contributed by atoms with E-state index >= 15 is 0 Å². The lowest BCUT2D eigenvalue weighted by Gasteiger charge is -2.30. The maximum atomic E-state index is 13.5. The van der Waals surface area contributed by atoms with E-state index in [0.29, 0.717) is 6.04 Å². The SMILES string of the molecule is CC(CCc1ccc(C2CCC2F)cc1)N(C)Cc1ccccc1. The van der Waals surface area contributed by atoms with Crippen LogP contribution in [0, 0.1) is 0 Å². The van der Waals surface area contributed by atoms with Crippen molar-refractivity contribution in [2.45, 2.75) is 57.3 Å². The van der Waals surface area contributed by atoms with Crippen LogP contribution in [0.4, 0.5) is 4.39 Å². The molecule has 1 nitrogen and oxygen atoms in total. The molecule has 2 aromatic carbocycles. The molecule has 0 saturated heterocycles. The first-order valence-corrected chi connectivity index (χ1v) is 9.10. The Morgan fingerprint density at radius 2 is 1.71 bits per heavy atom. The molecule has 2 heteroatoms. The zero-order valence-electron chi connectivity index (χ0n) is 14.8. The van der Waals surface area contributed by atoms with E-state index < -0.39 is 6.17 Å². The Bertz CT molecular complexity index is 622. The number of hydrogen-bond donors (Lipinski definition) is 0. The Kier molecular flexibility index (Phi) is 5.68. The van der Waals surface area contributed by atoms with Crippen LogP contribution >= 0.6 is 0 Å². The molecule has 0 N–H and O–H groups in total. The average molecular weight is 325 g/mol. The van der Waals surface area contributed by atoms with Gasteiger partial charge in [-0.2, -0.15) is 0 Å². The minimum atomic E-state index is -0.623. The molecule has 1 saturated carbocycles. The van der Waals surface area contributed by atoms with Gasteiger partial charge in [0.15, 0.2) is 0 Å². The molecule has 0 amide bonds. The van der Waals surface area contributed by atoms with Gasteiger partial charge in [-0.15, -0.1) is 0 Å². The van der Waals surface area contributed by atoms with Crippen LogP contribution in [0.2, 0.25) is 0 Å². The molecular weight excluding hydrogens is 297 g/mol. The predicted octanol–water partition coefficient (Wildman–Crippen LogP) is 5.36. The van der Waals surface area contributed by atoms with Crippen LogP contribution in [-0.4, -0.2) is 24.2 Å². The van der Waals surface area contributed by atoms with Crippen LogP contribution in [0.1, 0.15) is 48.8 Å². The molecular formula is C22H28FN. The third-order valence-electron chi connectivity index (χ3n) is 5.48. The van der Waals surface area contributed by atoms with Gasteiger partial charge in [-0.25, -0.2) is 4.39 Å². The van der Waals surface area contributed by atoms with Gasteiger partial charge in [0.1, 0.15) is 6.17 Å². The van der Waals surface area contributed by atoms with Gasteiger partial charge in [0, 0.05) is 18.5 Å². The zero-order chi connectivity index (χ0) is 16.9. The Morgan fingerprint density at radius 1 is 1.00 bits per heavy atom. The third-order valence-corrected chi connectivity index (χ3v) is 5.48. The minimum absolute atomic E-state index is 0.148. The smallest absolute Gasteiger partial charge is 0.107 e. The van der Waals surface area contributed by atoms with E-state index in [1.807, 2.05) is 0 Å². The first-order chi connectivity index (χ1) is 11.6. The number of halogens is 1. The lowest BCUT2D eigenvalue weighted by molar-refractivity contribution is 0.170. The van der Waals surface area contributed by atoms with Crippen molar-refractivity contribution >= 4 is 0 Å². The fraction of sp³-hybridized carbons (Fsp3) is 0.455. The monoisotopic (exact) mass is 325 g/mol. The highest BCUT2D eigenvalue weighted by Crippen LogP contribution is 2.39. The predicted molar refractivity (Wildman–Crippen MR) is 99.0 cm³/mol. The highest BCUT2D eigenvalue weighted by atomic mass is 19.1. The van der Waals surface area contributed by atoms with Crippen LogP contribution < -0.4 is 0 Å². The van der Waals surface area contributed by atoms with E-state index in [9.17, 15) is 4.39 Å². The summed E-state index contributed by atoms with van der Waals surface area (Å²) >= 11 is 0. The molecule has 0 heterocycles. The summed E-state index contributed by atoms with van der Waals surface area (Å²) in [4.78, 5) is 2.41. The van der Waals surface area contributed by atoms with Gasteiger partial charge in [0.05, 0.1) is 0 Å². The van der Waals surface area contributed by atoms with E-state index in [-0.39, 0.29) is 5.92 Å². The molecule has 1 aliphatic carbocycles. The van der Waals surface area contributed by atoms with Crippen molar-refractivity contribution < 1.29 is 4.39 Å². The Morgan fingerprint density at radius 3 is 2.29 bits per heavy atom. The van der Waals surface area contributed by atoms with Crippen molar-refractivity contribution in [2.75, 3.05) is 7.05 Å². The molecule has 128 valence electrons. The number of hydrogen-bond acceptors (Lipinski definition) is 1. The van der Waals surface area contributed by atoms with E-state index in [1.54, 1.807) is 0 Å². The molecule has 1 aliphatic rings. The molecule has 1 fully saturated rings. The van der Waals surface area contributed by atoms with E-state index in [0.717, 1.165) is 32.2 Å². The second kappa shape index (κ2) is 7.94. The Hall–Kier alpha value is -1.67. The van der Waals surface area contributed by atoms with E-state index in [2.05, 4.69) is 73.5 Å². The molecule has 0 aromatic heterocycles. The van der Waals surface area contributed by atoms with Gasteiger partial charge in [-0.05, 0) is 56.3 Å². The second-order valence-electron chi connectivity index (χ2n) is 7.23. The van der Waals surface area contributed by atoms with Crippen LogP contribution in [0.3, 0.4) is 0 Å². The van der Waals surface area contributed by atoms with E-state index in [4.69, 9.17) is 0 Å². The second-order valence-corrected chi connectivity index (χ2v) is 7.23. The summed E-state index contributed by atoms with van der Waals surface area (Å²) in [7, 11) is 2.19. The number of alkyl halides is 1. The first kappa shape index (κ1) is 17.2. The van der Waals surface area contributed by atoms with Gasteiger partial charge in [-0.1, -0.05) is 54.6 Å². The zero-order valence-corrected chi connectivity index (χ0v) is 14.8. The highest BCUT2D eigenvalue weighted by Gasteiger charge is 2.31. The minimum Gasteiger partial charge on any atom is -0.299 e. The van der Waals surface area contributed by atoms with Crippen molar-refractivity contribution in [3.63, 3.8) is 0 Å². The van der Waals surface area contributed by atoms with Crippen LogP contribution in [0.15, 0.2) is 54.6 Å². The van der Waals surface area contributed by atoms with Crippen molar-refractivity contribution in [1.29, 1.82) is 0 Å². The van der Waals surface area contributed by atoms with Crippen molar-refractivity contribution in [2.24, 2.45) is 0 Å². The maximum Gasteiger partial charge on any atom is 0.107 e. The molecule has 2 aromatic rings. The van der Waals surface area contributed by atoms with Crippen LogP contribution in [0.5, 0.6) is 0 Å². The number of benzene rings is 2. The van der Waals surface area contributed by atoms with Gasteiger partial charge in [0.2, 0.25) is 0 Å². The van der Waals surface area contributed by atoms with Crippen molar-refractivity contribution in [1.82, 2.24) is 4.90 Å². The van der Waals surface area contributed by atoms with Crippen LogP contribution in [0.25, 0.3) is 0 Å². The summed E-state index contributed by atoms with van der Waals surface area (Å²) in [6, 6.07) is 19.8. The molecule has 3 rings (SSSR count). The normalized spacial score (nSPS) is 21.5. The quantitative estimate of drug-likeness (QED) is 0.663. The third kappa shape index (κ3) is 4.24. The summed E-state index contributed by atoms with van der Waals surface area (Å²) in [5.74, 6) is 0.148. The molecule has 0 aliphatic heterocycles. The summed E-state index contributed by atoms with van der Waals surface area (Å²) in [6.45, 7) is 3.28. The maximum absolute atomic E-state index is 13.5. The van der Waals surface area contributed by atoms with Crippen molar-refractivity contribution in [3.8, 4) is 0 Å². The van der Waals surface area contributed by atoms with Gasteiger partial charge < -0.3 is 0 Å². The molecule has 24 heavy (non-hydrogen) atoms. The molecule has 0 radical (unpaired) electrons. The summed E-state index contributed by atoms with van der Waals surface area (Å²) in [6.07, 6.45) is 3.32. The van der Waals surface area contributed by atoms with E-state index in [1.165, 1.54) is 16.7 Å². The Labute approximate surface area is 145 Å². The summed E-state index contributed by atoms with van der Waals surface area (Å²) in [5.41, 5.74) is 3.89. The lowest BCUT2D eigenvalue weighted by atomic mass is 9.78. The summed E-state index contributed by atoms with van der Waals surface area (Å²) in [5, 5.41) is 0. The fourth-order valence-corrected chi connectivity index (χ4v) is 3.39. The molecule has 0 bridgehead atoms. The topological polar surface area (TPSA) is 3.24 Å². The molecule has 3 unspecified atom stereocenters. The first-order valence-electron chi connectivity index (χ1n) is 9.10. The molecule has 3 atom stereocenters.